The molecule has 7 nitrogen and oxygen atoms in total. The summed E-state index contributed by atoms with van der Waals surface area (Å²) < 4.78 is 5.42. The van der Waals surface area contributed by atoms with E-state index in [9.17, 15) is 9.59 Å². The van der Waals surface area contributed by atoms with Crippen molar-refractivity contribution in [1.82, 2.24) is 15.2 Å². The lowest BCUT2D eigenvalue weighted by molar-refractivity contribution is -0.128. The van der Waals surface area contributed by atoms with Crippen LogP contribution < -0.4 is 5.43 Å². The number of hydrogen-bond acceptors (Lipinski definition) is 6. The SMILES string of the molecule is O=C(NN=C1CCN(Cc2ccccc2)CC1)c1ccc([C@H]2SCC(=O)N2Cc2ccco2)cc1. The first-order valence-electron chi connectivity index (χ1n) is 11.8. The van der Waals surface area contributed by atoms with E-state index in [1.807, 2.05) is 35.2 Å². The van der Waals surface area contributed by atoms with Crippen molar-refractivity contribution in [2.24, 2.45) is 5.10 Å². The highest BCUT2D eigenvalue weighted by atomic mass is 32.2. The van der Waals surface area contributed by atoms with Gasteiger partial charge in [-0.3, -0.25) is 14.5 Å². The molecular weight excluding hydrogens is 460 g/mol. The molecule has 35 heavy (non-hydrogen) atoms. The van der Waals surface area contributed by atoms with Crippen molar-refractivity contribution in [3.63, 3.8) is 0 Å². The van der Waals surface area contributed by atoms with Gasteiger partial charge >= 0.3 is 0 Å². The normalized spacial score (nSPS) is 18.6. The van der Waals surface area contributed by atoms with E-state index in [2.05, 4.69) is 39.7 Å². The van der Waals surface area contributed by atoms with Crippen LogP contribution in [0, 0.1) is 0 Å². The lowest BCUT2D eigenvalue weighted by Gasteiger charge is -2.27. The van der Waals surface area contributed by atoms with Crippen LogP contribution in [0.2, 0.25) is 0 Å². The molecule has 0 unspecified atom stereocenters. The molecule has 2 aliphatic rings. The highest BCUT2D eigenvalue weighted by Crippen LogP contribution is 2.39. The Balaban J connectivity index is 1.14. The average Bonchev–Trinajstić information content (AvgIpc) is 3.54. The molecule has 2 saturated heterocycles. The second-order valence-electron chi connectivity index (χ2n) is 8.77. The van der Waals surface area contributed by atoms with Crippen molar-refractivity contribution in [3.8, 4) is 0 Å². The predicted octanol–water partition coefficient (Wildman–Crippen LogP) is 4.44. The van der Waals surface area contributed by atoms with Crippen molar-refractivity contribution in [2.45, 2.75) is 31.3 Å². The molecule has 8 heteroatoms. The van der Waals surface area contributed by atoms with E-state index in [0.29, 0.717) is 17.9 Å². The minimum absolute atomic E-state index is 0.0869. The van der Waals surface area contributed by atoms with Gasteiger partial charge in [0.25, 0.3) is 5.91 Å². The lowest BCUT2D eigenvalue weighted by atomic mass is 10.1. The summed E-state index contributed by atoms with van der Waals surface area (Å²) in [6.45, 7) is 3.25. The number of furan rings is 1. The van der Waals surface area contributed by atoms with Crippen LogP contribution >= 0.6 is 11.8 Å². The van der Waals surface area contributed by atoms with Crippen molar-refractivity contribution in [1.29, 1.82) is 0 Å². The van der Waals surface area contributed by atoms with Gasteiger partial charge in [0.2, 0.25) is 5.91 Å². The molecule has 2 fully saturated rings. The highest BCUT2D eigenvalue weighted by Gasteiger charge is 2.33. The fourth-order valence-electron chi connectivity index (χ4n) is 4.39. The second kappa shape index (κ2) is 10.9. The molecule has 0 aliphatic carbocycles. The first kappa shape index (κ1) is 23.4. The van der Waals surface area contributed by atoms with Crippen LogP contribution in [0.5, 0.6) is 0 Å². The van der Waals surface area contributed by atoms with Gasteiger partial charge in [0, 0.05) is 43.8 Å². The Hall–Kier alpha value is -3.36. The predicted molar refractivity (Wildman–Crippen MR) is 137 cm³/mol. The summed E-state index contributed by atoms with van der Waals surface area (Å²) in [4.78, 5) is 29.3. The van der Waals surface area contributed by atoms with E-state index in [0.717, 1.165) is 49.5 Å². The maximum absolute atomic E-state index is 12.6. The largest absolute Gasteiger partial charge is 0.467 e. The van der Waals surface area contributed by atoms with Gasteiger partial charge in [-0.05, 0) is 35.4 Å². The number of thioether (sulfide) groups is 1. The molecular formula is C27H28N4O3S. The fourth-order valence-corrected chi connectivity index (χ4v) is 5.58. The van der Waals surface area contributed by atoms with Gasteiger partial charge in [0.15, 0.2) is 0 Å². The summed E-state index contributed by atoms with van der Waals surface area (Å²) in [5, 5.41) is 4.30. The number of hydrazone groups is 1. The molecule has 0 bridgehead atoms. The summed E-state index contributed by atoms with van der Waals surface area (Å²) in [6, 6.07) is 21.6. The van der Waals surface area contributed by atoms with Crippen LogP contribution in [-0.2, 0) is 17.9 Å². The van der Waals surface area contributed by atoms with Crippen LogP contribution in [0.15, 0.2) is 82.5 Å². The molecule has 1 N–H and O–H groups in total. The molecule has 3 aromatic rings. The van der Waals surface area contributed by atoms with E-state index in [1.54, 1.807) is 30.2 Å². The van der Waals surface area contributed by atoms with Gasteiger partial charge in [-0.25, -0.2) is 5.43 Å². The van der Waals surface area contributed by atoms with Crippen LogP contribution in [0.1, 0.15) is 45.5 Å². The first-order valence-corrected chi connectivity index (χ1v) is 12.9. The van der Waals surface area contributed by atoms with Gasteiger partial charge in [0.1, 0.15) is 11.1 Å². The summed E-state index contributed by atoms with van der Waals surface area (Å²) in [7, 11) is 0. The molecule has 180 valence electrons. The van der Waals surface area contributed by atoms with Crippen LogP contribution in [-0.4, -0.2) is 46.2 Å². The molecule has 1 aromatic heterocycles. The van der Waals surface area contributed by atoms with Crippen LogP contribution in [0.25, 0.3) is 0 Å². The van der Waals surface area contributed by atoms with Gasteiger partial charge in [0.05, 0.1) is 18.6 Å². The van der Waals surface area contributed by atoms with Crippen LogP contribution in [0.4, 0.5) is 0 Å². The molecule has 0 saturated carbocycles. The molecule has 0 spiro atoms. The topological polar surface area (TPSA) is 78.2 Å². The number of rotatable bonds is 7. The number of hydrogen-bond donors (Lipinski definition) is 1. The Kier molecular flexibility index (Phi) is 7.30. The summed E-state index contributed by atoms with van der Waals surface area (Å²) in [5.41, 5.74) is 6.59. The summed E-state index contributed by atoms with van der Waals surface area (Å²) in [5.74, 6) is 1.06. The number of nitrogens with one attached hydrogen (secondary N) is 1. The molecule has 3 heterocycles. The Morgan fingerprint density at radius 3 is 2.49 bits per heavy atom. The summed E-state index contributed by atoms with van der Waals surface area (Å²) in [6.07, 6.45) is 3.32. The Bertz CT molecular complexity index is 1170. The number of benzene rings is 2. The molecule has 2 aromatic carbocycles. The van der Waals surface area contributed by atoms with Crippen molar-refractivity contribution < 1.29 is 14.0 Å². The fraction of sp³-hybridized carbons (Fsp3) is 0.296. The maximum atomic E-state index is 12.6. The molecule has 2 amide bonds. The third-order valence-corrected chi connectivity index (χ3v) is 7.59. The first-order chi connectivity index (χ1) is 17.2. The van der Waals surface area contributed by atoms with Gasteiger partial charge in [-0.2, -0.15) is 5.10 Å². The number of carbonyl (C=O) groups excluding carboxylic acids is 2. The van der Waals surface area contributed by atoms with Gasteiger partial charge < -0.3 is 9.32 Å². The van der Waals surface area contributed by atoms with E-state index in [-0.39, 0.29) is 17.2 Å². The zero-order chi connectivity index (χ0) is 24.0. The maximum Gasteiger partial charge on any atom is 0.271 e. The number of carbonyl (C=O) groups is 2. The molecule has 1 atom stereocenters. The second-order valence-corrected chi connectivity index (χ2v) is 9.84. The van der Waals surface area contributed by atoms with Crippen molar-refractivity contribution >= 4 is 29.3 Å². The zero-order valence-electron chi connectivity index (χ0n) is 19.4. The Labute approximate surface area is 209 Å². The monoisotopic (exact) mass is 488 g/mol. The Morgan fingerprint density at radius 1 is 1.00 bits per heavy atom. The summed E-state index contributed by atoms with van der Waals surface area (Å²) >= 11 is 1.59. The zero-order valence-corrected chi connectivity index (χ0v) is 20.2. The van der Waals surface area contributed by atoms with E-state index >= 15 is 0 Å². The minimum atomic E-state index is -0.224. The minimum Gasteiger partial charge on any atom is -0.467 e. The Morgan fingerprint density at radius 2 is 1.77 bits per heavy atom. The third kappa shape index (κ3) is 5.83. The smallest absolute Gasteiger partial charge is 0.271 e. The third-order valence-electron chi connectivity index (χ3n) is 6.33. The van der Waals surface area contributed by atoms with E-state index in [1.165, 1.54) is 5.56 Å². The number of piperidine rings is 1. The van der Waals surface area contributed by atoms with Gasteiger partial charge in [-0.1, -0.05) is 42.5 Å². The van der Waals surface area contributed by atoms with Gasteiger partial charge in [-0.15, -0.1) is 11.8 Å². The molecule has 2 aliphatic heterocycles. The van der Waals surface area contributed by atoms with Crippen molar-refractivity contribution in [3.05, 3.63) is 95.4 Å². The van der Waals surface area contributed by atoms with Crippen molar-refractivity contribution in [2.75, 3.05) is 18.8 Å². The lowest BCUT2D eigenvalue weighted by Crippen LogP contribution is -2.34. The van der Waals surface area contributed by atoms with E-state index in [4.69, 9.17) is 4.42 Å². The molecule has 0 radical (unpaired) electrons. The number of nitrogens with zero attached hydrogens (tertiary/aromatic N) is 3. The standard InChI is InChI=1S/C27H28N4O3S/c32-25-19-35-27(31(25)18-24-7-4-16-34-24)22-10-8-21(9-11-22)26(33)29-28-23-12-14-30(15-13-23)17-20-5-2-1-3-6-20/h1-11,16,27H,12-15,17-19H2,(H,29,33)/t27-/m1/s1. The van der Waals surface area contributed by atoms with Crippen LogP contribution in [0.3, 0.4) is 0 Å². The molecule has 5 rings (SSSR count). The highest BCUT2D eigenvalue weighted by molar-refractivity contribution is 8.00. The van der Waals surface area contributed by atoms with E-state index < -0.39 is 0 Å². The quantitative estimate of drug-likeness (QED) is 0.498. The average molecular weight is 489 g/mol. The number of amides is 2. The number of likely N-dealkylation sites (tertiary alicyclic amines) is 1.